The van der Waals surface area contributed by atoms with E-state index in [9.17, 15) is 9.59 Å². The molecule has 2 amide bonds. The third kappa shape index (κ3) is 5.03. The van der Waals surface area contributed by atoms with Crippen LogP contribution in [-0.2, 0) is 22.6 Å². The minimum atomic E-state index is -0.0942. The van der Waals surface area contributed by atoms with Crippen LogP contribution in [0.4, 0.5) is 0 Å². The van der Waals surface area contributed by atoms with Gasteiger partial charge in [0.05, 0.1) is 11.8 Å². The van der Waals surface area contributed by atoms with Crippen molar-refractivity contribution >= 4 is 41.8 Å². The van der Waals surface area contributed by atoms with Gasteiger partial charge in [-0.2, -0.15) is 0 Å². The summed E-state index contributed by atoms with van der Waals surface area (Å²) in [4.78, 5) is 33.8. The molecule has 1 aromatic carbocycles. The van der Waals surface area contributed by atoms with Gasteiger partial charge in [-0.25, -0.2) is 0 Å². The smallest absolute Gasteiger partial charge is 0.233 e. The summed E-state index contributed by atoms with van der Waals surface area (Å²) in [5, 5.41) is 6.70. The van der Waals surface area contributed by atoms with Gasteiger partial charge >= 0.3 is 0 Å². The number of imide groups is 1. The number of rotatable bonds is 8. The minimum absolute atomic E-state index is 0. The third-order valence-corrected chi connectivity index (χ3v) is 7.79. The number of nitrogens with zero attached hydrogens (tertiary/aromatic N) is 3. The van der Waals surface area contributed by atoms with Crippen LogP contribution in [0.2, 0.25) is 0 Å². The Labute approximate surface area is 219 Å². The average molecular weight is 578 g/mol. The van der Waals surface area contributed by atoms with Crippen LogP contribution in [0, 0.1) is 23.7 Å². The predicted octanol–water partition coefficient (Wildman–Crippen LogP) is 2.41. The number of halogens is 1. The molecule has 7 nitrogen and oxygen atoms in total. The molecule has 2 heterocycles. The topological polar surface area (TPSA) is 77.0 Å². The Bertz CT molecular complexity index is 934. The number of carbonyl (C=O) groups is 2. The van der Waals surface area contributed by atoms with Crippen LogP contribution in [0.1, 0.15) is 30.4 Å². The largest absolute Gasteiger partial charge is 0.356 e. The Kier molecular flexibility index (Phi) is 8.29. The van der Waals surface area contributed by atoms with Crippen LogP contribution < -0.4 is 10.6 Å². The summed E-state index contributed by atoms with van der Waals surface area (Å²) in [5.74, 6) is 1.24. The van der Waals surface area contributed by atoms with E-state index in [2.05, 4.69) is 56.9 Å². The SMILES string of the molecule is CN=C(NCCCN1CCc2ccccc2C1)NCCCN1C(=O)C2C3C=CC(C3)C2C1=O.I. The Hall–Kier alpha value is -1.94. The first-order valence-electron chi connectivity index (χ1n) is 12.4. The number of aliphatic imine (C=N–C) groups is 1. The summed E-state index contributed by atoms with van der Waals surface area (Å²) in [6.45, 7) is 5.26. The molecule has 1 aromatic rings. The van der Waals surface area contributed by atoms with E-state index in [-0.39, 0.29) is 59.5 Å². The van der Waals surface area contributed by atoms with Gasteiger partial charge in [-0.3, -0.25) is 24.4 Å². The second-order valence-electron chi connectivity index (χ2n) is 9.76. The van der Waals surface area contributed by atoms with Crippen molar-refractivity contribution in [1.29, 1.82) is 0 Å². The molecule has 0 aromatic heterocycles. The molecular formula is C26H36IN5O2. The van der Waals surface area contributed by atoms with E-state index >= 15 is 0 Å². The maximum atomic E-state index is 12.8. The summed E-state index contributed by atoms with van der Waals surface area (Å²) >= 11 is 0. The normalized spacial score (nSPS) is 27.6. The minimum Gasteiger partial charge on any atom is -0.356 e. The second-order valence-corrected chi connectivity index (χ2v) is 9.76. The lowest BCUT2D eigenvalue weighted by molar-refractivity contribution is -0.140. The zero-order chi connectivity index (χ0) is 22.8. The summed E-state index contributed by atoms with van der Waals surface area (Å²) in [6, 6.07) is 8.74. The van der Waals surface area contributed by atoms with Crippen LogP contribution in [0.5, 0.6) is 0 Å². The first-order valence-corrected chi connectivity index (χ1v) is 12.4. The van der Waals surface area contributed by atoms with E-state index in [1.807, 2.05) is 0 Å². The number of hydrogen-bond donors (Lipinski definition) is 2. The molecule has 4 unspecified atom stereocenters. The fourth-order valence-corrected chi connectivity index (χ4v) is 6.10. The van der Waals surface area contributed by atoms with Gasteiger partial charge in [0.15, 0.2) is 5.96 Å². The number of guanidine groups is 1. The van der Waals surface area contributed by atoms with Gasteiger partial charge in [0, 0.05) is 46.3 Å². The molecule has 0 radical (unpaired) electrons. The van der Waals surface area contributed by atoms with Crippen LogP contribution >= 0.6 is 24.0 Å². The predicted molar refractivity (Wildman–Crippen MR) is 144 cm³/mol. The number of benzene rings is 1. The van der Waals surface area contributed by atoms with E-state index in [1.54, 1.807) is 7.05 Å². The molecule has 8 heteroatoms. The molecule has 184 valence electrons. The Balaban J connectivity index is 0.00000274. The molecule has 5 rings (SSSR count). The fraction of sp³-hybridized carbons (Fsp3) is 0.577. The van der Waals surface area contributed by atoms with Crippen molar-refractivity contribution in [2.45, 2.75) is 32.2 Å². The first-order chi connectivity index (χ1) is 16.2. The molecular weight excluding hydrogens is 541 g/mol. The van der Waals surface area contributed by atoms with Crippen molar-refractivity contribution in [2.75, 3.05) is 39.8 Å². The monoisotopic (exact) mass is 577 g/mol. The number of allylic oxidation sites excluding steroid dienone is 2. The lowest BCUT2D eigenvalue weighted by Gasteiger charge is -2.28. The van der Waals surface area contributed by atoms with Gasteiger partial charge < -0.3 is 10.6 Å². The summed E-state index contributed by atoms with van der Waals surface area (Å²) in [6.07, 6.45) is 8.18. The number of amides is 2. The van der Waals surface area contributed by atoms with Crippen molar-refractivity contribution in [1.82, 2.24) is 20.4 Å². The van der Waals surface area contributed by atoms with E-state index in [4.69, 9.17) is 0 Å². The molecule has 4 atom stereocenters. The summed E-state index contributed by atoms with van der Waals surface area (Å²) in [7, 11) is 1.77. The number of hydrogen-bond acceptors (Lipinski definition) is 4. The van der Waals surface area contributed by atoms with E-state index in [0.717, 1.165) is 57.8 Å². The highest BCUT2D eigenvalue weighted by atomic mass is 127. The van der Waals surface area contributed by atoms with Gasteiger partial charge in [0.1, 0.15) is 0 Å². The van der Waals surface area contributed by atoms with E-state index < -0.39 is 0 Å². The van der Waals surface area contributed by atoms with Crippen molar-refractivity contribution < 1.29 is 9.59 Å². The van der Waals surface area contributed by atoms with Gasteiger partial charge in [-0.1, -0.05) is 36.4 Å². The van der Waals surface area contributed by atoms with Crippen molar-refractivity contribution in [3.8, 4) is 0 Å². The maximum absolute atomic E-state index is 12.8. The molecule has 2 N–H and O–H groups in total. The molecule has 2 fully saturated rings. The highest BCUT2D eigenvalue weighted by Gasteiger charge is 2.58. The van der Waals surface area contributed by atoms with Gasteiger partial charge in [0.2, 0.25) is 11.8 Å². The Morgan fingerprint density at radius 2 is 1.59 bits per heavy atom. The van der Waals surface area contributed by atoms with E-state index in [0.29, 0.717) is 13.1 Å². The highest BCUT2D eigenvalue weighted by molar-refractivity contribution is 14.0. The maximum Gasteiger partial charge on any atom is 0.233 e. The number of nitrogens with one attached hydrogen (secondary N) is 2. The van der Waals surface area contributed by atoms with Gasteiger partial charge in [-0.15, -0.1) is 24.0 Å². The van der Waals surface area contributed by atoms with Gasteiger partial charge in [-0.05, 0) is 48.6 Å². The zero-order valence-corrected chi connectivity index (χ0v) is 22.2. The van der Waals surface area contributed by atoms with Crippen molar-refractivity contribution in [3.05, 3.63) is 47.5 Å². The quantitative estimate of drug-likeness (QED) is 0.124. The van der Waals surface area contributed by atoms with Crippen molar-refractivity contribution in [3.63, 3.8) is 0 Å². The van der Waals surface area contributed by atoms with Crippen LogP contribution in [-0.4, -0.2) is 67.3 Å². The van der Waals surface area contributed by atoms with Crippen LogP contribution in [0.25, 0.3) is 0 Å². The van der Waals surface area contributed by atoms with Crippen LogP contribution in [0.3, 0.4) is 0 Å². The van der Waals surface area contributed by atoms with E-state index in [1.165, 1.54) is 16.0 Å². The molecule has 2 bridgehead atoms. The number of fused-ring (bicyclic) bond motifs is 6. The molecule has 0 spiro atoms. The Morgan fingerprint density at radius 1 is 0.971 bits per heavy atom. The molecule has 34 heavy (non-hydrogen) atoms. The highest BCUT2D eigenvalue weighted by Crippen LogP contribution is 2.52. The fourth-order valence-electron chi connectivity index (χ4n) is 6.10. The lowest BCUT2D eigenvalue weighted by atomic mass is 9.85. The lowest BCUT2D eigenvalue weighted by Crippen LogP contribution is -2.41. The van der Waals surface area contributed by atoms with Gasteiger partial charge in [0.25, 0.3) is 0 Å². The molecule has 1 saturated carbocycles. The number of likely N-dealkylation sites (tertiary alicyclic amines) is 1. The molecule has 2 aliphatic heterocycles. The zero-order valence-electron chi connectivity index (χ0n) is 19.9. The summed E-state index contributed by atoms with van der Waals surface area (Å²) in [5.41, 5.74) is 2.94. The molecule has 4 aliphatic rings. The molecule has 1 saturated heterocycles. The van der Waals surface area contributed by atoms with Crippen LogP contribution in [0.15, 0.2) is 41.4 Å². The standard InChI is InChI=1S/C26H35N5O2.HI/c1-27-26(28-11-4-13-30-15-10-18-6-2-3-7-21(18)17-30)29-12-5-14-31-24(32)22-19-8-9-20(16-19)23(22)25(31)33;/h2-3,6-9,19-20,22-23H,4-5,10-17H2,1H3,(H2,27,28,29);1H. The third-order valence-electron chi connectivity index (χ3n) is 7.79. The first kappa shape index (κ1) is 25.2. The average Bonchev–Trinajstić information content (AvgIpc) is 3.52. The second kappa shape index (κ2) is 11.2. The van der Waals surface area contributed by atoms with Crippen molar-refractivity contribution in [2.24, 2.45) is 28.7 Å². The number of carbonyl (C=O) groups excluding carboxylic acids is 2. The summed E-state index contributed by atoms with van der Waals surface area (Å²) < 4.78 is 0. The Morgan fingerprint density at radius 3 is 2.24 bits per heavy atom. The molecule has 2 aliphatic carbocycles.